The Hall–Kier alpha value is -4.34. The van der Waals surface area contributed by atoms with E-state index >= 15 is 8.78 Å². The van der Waals surface area contributed by atoms with Gasteiger partial charge in [0.2, 0.25) is 0 Å². The van der Waals surface area contributed by atoms with Crippen LogP contribution in [0.15, 0.2) is 48.7 Å². The number of hydrogen-bond acceptors (Lipinski definition) is 6. The third kappa shape index (κ3) is 5.43. The third-order valence-electron chi connectivity index (χ3n) is 10.7. The molecule has 9 nitrogen and oxygen atoms in total. The van der Waals surface area contributed by atoms with Crippen molar-refractivity contribution in [2.45, 2.75) is 69.4 Å². The van der Waals surface area contributed by atoms with Crippen molar-refractivity contribution < 1.29 is 23.8 Å². The van der Waals surface area contributed by atoms with E-state index in [-0.39, 0.29) is 64.9 Å². The number of benzene rings is 2. The molecular formula is C38H34Cl2F2N6O3. The fourth-order valence-corrected chi connectivity index (χ4v) is 8.73. The summed E-state index contributed by atoms with van der Waals surface area (Å²) in [7, 11) is 0. The molecule has 4 fully saturated rings. The van der Waals surface area contributed by atoms with Gasteiger partial charge in [0.25, 0.3) is 0 Å². The lowest BCUT2D eigenvalue weighted by molar-refractivity contribution is 0.0739. The van der Waals surface area contributed by atoms with Crippen molar-refractivity contribution in [3.8, 4) is 28.5 Å². The molecule has 1 amide bonds. The molecule has 5 atom stereocenters. The average Bonchev–Trinajstić information content (AvgIpc) is 3.89. The Morgan fingerprint density at radius 1 is 1.18 bits per heavy atom. The van der Waals surface area contributed by atoms with Gasteiger partial charge in [0.05, 0.1) is 51.6 Å². The first-order chi connectivity index (χ1) is 24.4. The zero-order valence-corrected chi connectivity index (χ0v) is 29.3. The summed E-state index contributed by atoms with van der Waals surface area (Å²) in [6, 6.07) is 13.6. The first kappa shape index (κ1) is 33.8. The van der Waals surface area contributed by atoms with Crippen LogP contribution in [0.25, 0.3) is 44.2 Å². The lowest BCUT2D eigenvalue weighted by Crippen LogP contribution is -2.40. The Labute approximate surface area is 302 Å². The number of likely N-dealkylation sites (tertiary alicyclic amines) is 1. The number of aryl methyl sites for hydroxylation is 1. The van der Waals surface area contributed by atoms with E-state index in [4.69, 9.17) is 28.2 Å². The summed E-state index contributed by atoms with van der Waals surface area (Å²) >= 11 is 13.1. The zero-order valence-electron chi connectivity index (χ0n) is 27.8. The molecule has 3 aliphatic heterocycles. The number of hydrogen-bond donors (Lipinski definition) is 3. The number of halogens is 4. The van der Waals surface area contributed by atoms with E-state index in [0.29, 0.717) is 50.1 Å². The largest absolute Gasteiger partial charge is 0.465 e. The molecule has 1 aliphatic carbocycles. The molecule has 3 aromatic heterocycles. The van der Waals surface area contributed by atoms with Gasteiger partial charge in [-0.3, -0.25) is 9.88 Å². The monoisotopic (exact) mass is 730 g/mol. The van der Waals surface area contributed by atoms with Crippen LogP contribution in [0, 0.1) is 23.1 Å². The maximum absolute atomic E-state index is 17.5. The van der Waals surface area contributed by atoms with E-state index in [1.54, 1.807) is 50.4 Å². The molecule has 5 aromatic rings. The van der Waals surface area contributed by atoms with Crippen molar-refractivity contribution >= 4 is 51.1 Å². The SMILES string of the molecule is CC(C)(O)c1ccc(-c2nc3c(F)c(-c4cccc(Cl)c4Cl)c(CCC#N)cc3c3c2cc([C@H]2C[C@H](F)CN2C(=O)O)n3[C@H]2[C@H]3CN[C@@H]2C3)cn1. The highest BCUT2D eigenvalue weighted by Gasteiger charge is 2.50. The van der Waals surface area contributed by atoms with Crippen molar-refractivity contribution in [2.24, 2.45) is 5.92 Å². The molecule has 1 saturated carbocycles. The fourth-order valence-electron chi connectivity index (χ4n) is 8.34. The van der Waals surface area contributed by atoms with Crippen LogP contribution >= 0.6 is 23.2 Å². The predicted molar refractivity (Wildman–Crippen MR) is 191 cm³/mol. The lowest BCUT2D eigenvalue weighted by Gasteiger charge is -2.39. The summed E-state index contributed by atoms with van der Waals surface area (Å²) < 4.78 is 34.7. The smallest absolute Gasteiger partial charge is 0.407 e. The minimum Gasteiger partial charge on any atom is -0.465 e. The number of nitriles is 1. The van der Waals surface area contributed by atoms with Gasteiger partial charge in [0, 0.05) is 64.8 Å². The summed E-state index contributed by atoms with van der Waals surface area (Å²) in [5, 5.41) is 35.5. The van der Waals surface area contributed by atoms with Crippen LogP contribution in [0.3, 0.4) is 0 Å². The number of nitrogens with zero attached hydrogens (tertiary/aromatic N) is 5. The van der Waals surface area contributed by atoms with E-state index in [1.807, 2.05) is 12.1 Å². The van der Waals surface area contributed by atoms with Crippen LogP contribution in [0.2, 0.25) is 10.0 Å². The molecule has 0 unspecified atom stereocenters. The molecular weight excluding hydrogens is 697 g/mol. The van der Waals surface area contributed by atoms with Crippen molar-refractivity contribution in [1.29, 1.82) is 5.26 Å². The van der Waals surface area contributed by atoms with Gasteiger partial charge in [-0.1, -0.05) is 35.3 Å². The van der Waals surface area contributed by atoms with Crippen LogP contribution < -0.4 is 5.32 Å². The third-order valence-corrected chi connectivity index (χ3v) is 11.6. The Balaban J connectivity index is 1.50. The molecule has 3 saturated heterocycles. The number of pyridine rings is 2. The van der Waals surface area contributed by atoms with E-state index in [9.17, 15) is 20.3 Å². The number of aromatic nitrogens is 3. The summed E-state index contributed by atoms with van der Waals surface area (Å²) in [6.07, 6.45) is 0.268. The number of carbonyl (C=O) groups is 1. The maximum Gasteiger partial charge on any atom is 0.407 e. The second-order valence-corrected chi connectivity index (χ2v) is 15.1. The molecule has 0 spiro atoms. The Kier molecular flexibility index (Phi) is 8.22. The Morgan fingerprint density at radius 2 is 1.98 bits per heavy atom. The number of alkyl halides is 1. The second kappa shape index (κ2) is 12.4. The zero-order chi connectivity index (χ0) is 35.9. The minimum atomic E-state index is -1.35. The highest BCUT2D eigenvalue weighted by Crippen LogP contribution is 2.51. The normalized spacial score (nSPS) is 22.9. The van der Waals surface area contributed by atoms with Crippen LogP contribution in [0.1, 0.15) is 62.1 Å². The molecule has 13 heteroatoms. The van der Waals surface area contributed by atoms with E-state index < -0.39 is 29.7 Å². The van der Waals surface area contributed by atoms with Gasteiger partial charge in [-0.05, 0) is 68.5 Å². The van der Waals surface area contributed by atoms with E-state index in [1.165, 1.54) is 0 Å². The first-order valence-electron chi connectivity index (χ1n) is 16.9. The highest BCUT2D eigenvalue weighted by atomic mass is 35.5. The summed E-state index contributed by atoms with van der Waals surface area (Å²) in [5.74, 6) is -0.410. The van der Waals surface area contributed by atoms with E-state index in [2.05, 4.69) is 20.9 Å². The van der Waals surface area contributed by atoms with Gasteiger partial charge >= 0.3 is 6.09 Å². The van der Waals surface area contributed by atoms with Crippen molar-refractivity contribution in [3.63, 3.8) is 0 Å². The average molecular weight is 732 g/mol. The first-order valence-corrected chi connectivity index (χ1v) is 17.7. The van der Waals surface area contributed by atoms with Crippen molar-refractivity contribution in [3.05, 3.63) is 81.5 Å². The maximum atomic E-state index is 17.5. The Morgan fingerprint density at radius 3 is 2.63 bits per heavy atom. The fraction of sp³-hybridized carbons (Fsp3) is 0.368. The molecule has 9 rings (SSSR count). The standard InChI is InChI=1S/C38H34Cl2F2N6O3/c1-38(2,51)29-9-8-19(15-45-29)33-24-14-28(27-13-21(41)17-47(27)37(49)50)48(35-20-12-26(35)44-16-20)36(24)23-11-18(5-4-10-43)30(32(42)34(23)46-33)22-6-3-7-25(39)31(22)40/h3,6-9,11,14-15,20-21,26-27,35,44,51H,4-5,12-13,16-17H2,1-2H3,(H,49,50)/t20-,21+,26-,27-,35+/m1/s1. The second-order valence-electron chi connectivity index (χ2n) is 14.3. The minimum absolute atomic E-state index is 0.0141. The van der Waals surface area contributed by atoms with Crippen molar-refractivity contribution in [2.75, 3.05) is 13.1 Å². The Bertz CT molecular complexity index is 2270. The lowest BCUT2D eigenvalue weighted by atomic mass is 9.79. The summed E-state index contributed by atoms with van der Waals surface area (Å²) in [6.45, 7) is 3.78. The summed E-state index contributed by atoms with van der Waals surface area (Å²) in [4.78, 5) is 23.1. The quantitative estimate of drug-likeness (QED) is 0.154. The molecule has 6 heterocycles. The molecule has 2 bridgehead atoms. The van der Waals surface area contributed by atoms with Gasteiger partial charge in [0.15, 0.2) is 5.82 Å². The van der Waals surface area contributed by atoms with Gasteiger partial charge in [-0.25, -0.2) is 18.6 Å². The number of carboxylic acid groups (broad SMARTS) is 1. The number of fused-ring (bicyclic) bond motifs is 4. The van der Waals surface area contributed by atoms with Gasteiger partial charge in [-0.2, -0.15) is 5.26 Å². The predicted octanol–water partition coefficient (Wildman–Crippen LogP) is 8.34. The number of amides is 1. The van der Waals surface area contributed by atoms with Crippen LogP contribution in [-0.4, -0.2) is 61.0 Å². The molecule has 0 radical (unpaired) electrons. The highest BCUT2D eigenvalue weighted by molar-refractivity contribution is 6.43. The number of rotatable bonds is 7. The molecule has 51 heavy (non-hydrogen) atoms. The topological polar surface area (TPSA) is 127 Å². The molecule has 2 aromatic carbocycles. The molecule has 4 aliphatic rings. The van der Waals surface area contributed by atoms with Gasteiger partial charge < -0.3 is 20.1 Å². The summed E-state index contributed by atoms with van der Waals surface area (Å²) in [5.41, 5.74) is 2.58. The van der Waals surface area contributed by atoms with Gasteiger partial charge in [-0.15, -0.1) is 0 Å². The number of aliphatic hydroxyl groups is 1. The van der Waals surface area contributed by atoms with Gasteiger partial charge in [0.1, 0.15) is 17.3 Å². The van der Waals surface area contributed by atoms with Crippen LogP contribution in [0.5, 0.6) is 0 Å². The van der Waals surface area contributed by atoms with Crippen molar-refractivity contribution in [1.82, 2.24) is 24.8 Å². The molecule has 262 valence electrons. The molecule has 3 N–H and O–H groups in total. The van der Waals surface area contributed by atoms with Crippen LogP contribution in [0.4, 0.5) is 13.6 Å². The van der Waals surface area contributed by atoms with Crippen LogP contribution in [-0.2, 0) is 12.0 Å². The van der Waals surface area contributed by atoms with E-state index in [0.717, 1.165) is 17.9 Å². The number of nitrogens with one attached hydrogen (secondary N) is 1.